The lowest BCUT2D eigenvalue weighted by Gasteiger charge is -2.26. The van der Waals surface area contributed by atoms with Gasteiger partial charge in [-0.05, 0) is 106 Å². The highest BCUT2D eigenvalue weighted by atomic mass is 32.1. The summed E-state index contributed by atoms with van der Waals surface area (Å²) in [6, 6.07) is 88.4. The highest BCUT2D eigenvalue weighted by Crippen LogP contribution is 2.45. The lowest BCUT2D eigenvalue weighted by atomic mass is 9.89. The minimum Gasteiger partial charge on any atom is -0.310 e. The molecular formula is C60H40N2S. The first-order valence-corrected chi connectivity index (χ1v) is 22.3. The van der Waals surface area contributed by atoms with Crippen LogP contribution in [-0.2, 0) is 0 Å². The first kappa shape index (κ1) is 36.8. The maximum atomic E-state index is 2.43. The summed E-state index contributed by atoms with van der Waals surface area (Å²) in [5, 5.41) is 5.05. The van der Waals surface area contributed by atoms with Gasteiger partial charge in [0.15, 0.2) is 0 Å². The van der Waals surface area contributed by atoms with E-state index in [1.54, 1.807) is 0 Å². The SMILES string of the molecule is c1ccc(-c2ccccc2-c2ccccc2-c2ccc(N(c3cccc(-c4cccc5c6ccccc6n(-c6ccccc6)c45)c3)c3ccc4sc5ccccc5c4c3)cc2)cc1. The number of rotatable bonds is 8. The second-order valence-electron chi connectivity index (χ2n) is 16.1. The van der Waals surface area contributed by atoms with E-state index in [-0.39, 0.29) is 0 Å². The molecule has 3 heteroatoms. The van der Waals surface area contributed by atoms with Crippen LogP contribution in [0.5, 0.6) is 0 Å². The van der Waals surface area contributed by atoms with Crippen LogP contribution in [0.4, 0.5) is 17.1 Å². The zero-order chi connectivity index (χ0) is 41.7. The van der Waals surface area contributed by atoms with Crippen LogP contribution in [0, 0.1) is 0 Å². The number of para-hydroxylation sites is 3. The van der Waals surface area contributed by atoms with Gasteiger partial charge in [-0.3, -0.25) is 0 Å². The molecule has 0 spiro atoms. The van der Waals surface area contributed by atoms with Gasteiger partial charge < -0.3 is 9.47 Å². The molecule has 0 aliphatic carbocycles. The van der Waals surface area contributed by atoms with E-state index in [9.17, 15) is 0 Å². The zero-order valence-electron chi connectivity index (χ0n) is 34.4. The third-order valence-electron chi connectivity index (χ3n) is 12.4. The summed E-state index contributed by atoms with van der Waals surface area (Å²) < 4.78 is 5.02. The normalized spacial score (nSPS) is 11.5. The van der Waals surface area contributed by atoms with E-state index in [2.05, 4.69) is 252 Å². The maximum absolute atomic E-state index is 2.43. The third kappa shape index (κ3) is 6.41. The molecule has 12 aromatic rings. The largest absolute Gasteiger partial charge is 0.310 e. The lowest BCUT2D eigenvalue weighted by Crippen LogP contribution is -2.10. The molecule has 0 radical (unpaired) electrons. The van der Waals surface area contributed by atoms with Gasteiger partial charge in [-0.15, -0.1) is 11.3 Å². The molecule has 0 fully saturated rings. The fourth-order valence-electron chi connectivity index (χ4n) is 9.56. The van der Waals surface area contributed by atoms with Crippen LogP contribution in [0.1, 0.15) is 0 Å². The standard InChI is InChI=1S/C60H40N2S/c1-3-17-41(18-4-1)48-23-7-9-25-51(48)52-26-10-8-24-49(52)42-33-35-45(36-34-42)61(47-37-38-59-56(40-47)54-28-12-14-32-58(54)63-59)46-22-15-19-43(39-46)50-29-16-30-55-53-27-11-13-31-57(53)62(60(50)55)44-20-5-2-6-21-44/h1-40H. The molecule has 0 amide bonds. The lowest BCUT2D eigenvalue weighted by molar-refractivity contribution is 1.18. The van der Waals surface area contributed by atoms with Crippen molar-refractivity contribution in [3.8, 4) is 50.2 Å². The van der Waals surface area contributed by atoms with Crippen LogP contribution in [-0.4, -0.2) is 4.57 Å². The molecule has 0 atom stereocenters. The van der Waals surface area contributed by atoms with Crippen LogP contribution < -0.4 is 4.90 Å². The molecule has 296 valence electrons. The Bertz CT molecular complexity index is 3620. The molecule has 0 saturated carbocycles. The summed E-state index contributed by atoms with van der Waals surface area (Å²) in [5.41, 5.74) is 16.5. The van der Waals surface area contributed by atoms with E-state index in [1.165, 1.54) is 80.9 Å². The van der Waals surface area contributed by atoms with E-state index in [4.69, 9.17) is 0 Å². The van der Waals surface area contributed by atoms with Crippen LogP contribution in [0.15, 0.2) is 243 Å². The van der Waals surface area contributed by atoms with Gasteiger partial charge in [0.2, 0.25) is 0 Å². The van der Waals surface area contributed by atoms with Gasteiger partial charge in [-0.1, -0.05) is 176 Å². The second-order valence-corrected chi connectivity index (χ2v) is 17.1. The summed E-state index contributed by atoms with van der Waals surface area (Å²) in [5.74, 6) is 0. The Morgan fingerprint density at radius 2 is 0.825 bits per heavy atom. The summed E-state index contributed by atoms with van der Waals surface area (Å²) in [4.78, 5) is 2.42. The van der Waals surface area contributed by atoms with Crippen LogP contribution in [0.3, 0.4) is 0 Å². The molecule has 0 unspecified atom stereocenters. The van der Waals surface area contributed by atoms with Crippen molar-refractivity contribution in [2.75, 3.05) is 4.90 Å². The van der Waals surface area contributed by atoms with Crippen LogP contribution >= 0.6 is 11.3 Å². The smallest absolute Gasteiger partial charge is 0.0619 e. The monoisotopic (exact) mass is 820 g/mol. The van der Waals surface area contributed by atoms with Gasteiger partial charge in [0.05, 0.1) is 11.0 Å². The number of hydrogen-bond donors (Lipinski definition) is 0. The average molecular weight is 821 g/mol. The van der Waals surface area contributed by atoms with Crippen molar-refractivity contribution in [1.29, 1.82) is 0 Å². The quantitative estimate of drug-likeness (QED) is 0.148. The van der Waals surface area contributed by atoms with E-state index >= 15 is 0 Å². The molecule has 0 N–H and O–H groups in total. The number of fused-ring (bicyclic) bond motifs is 6. The van der Waals surface area contributed by atoms with Crippen molar-refractivity contribution < 1.29 is 0 Å². The molecule has 2 aromatic heterocycles. The molecule has 0 bridgehead atoms. The Morgan fingerprint density at radius 1 is 0.302 bits per heavy atom. The summed E-state index contributed by atoms with van der Waals surface area (Å²) in [7, 11) is 0. The first-order valence-electron chi connectivity index (χ1n) is 21.5. The fourth-order valence-corrected chi connectivity index (χ4v) is 10.6. The minimum absolute atomic E-state index is 1.09. The number of thiophene rings is 1. The van der Waals surface area contributed by atoms with Crippen molar-refractivity contribution in [2.45, 2.75) is 0 Å². The van der Waals surface area contributed by atoms with Crippen molar-refractivity contribution in [3.63, 3.8) is 0 Å². The number of anilines is 3. The molecule has 2 nitrogen and oxygen atoms in total. The Labute approximate surface area is 370 Å². The molecule has 63 heavy (non-hydrogen) atoms. The highest BCUT2D eigenvalue weighted by molar-refractivity contribution is 7.25. The van der Waals surface area contributed by atoms with Gasteiger partial charge in [0.25, 0.3) is 0 Å². The Balaban J connectivity index is 1.02. The van der Waals surface area contributed by atoms with Crippen molar-refractivity contribution >= 4 is 70.4 Å². The van der Waals surface area contributed by atoms with Gasteiger partial charge in [-0.25, -0.2) is 0 Å². The Hall–Kier alpha value is -7.98. The maximum Gasteiger partial charge on any atom is 0.0619 e. The molecule has 12 rings (SSSR count). The number of hydrogen-bond acceptors (Lipinski definition) is 2. The van der Waals surface area contributed by atoms with Gasteiger partial charge in [0.1, 0.15) is 0 Å². The van der Waals surface area contributed by atoms with E-state index in [0.717, 1.165) is 28.3 Å². The van der Waals surface area contributed by atoms with Crippen molar-refractivity contribution in [2.24, 2.45) is 0 Å². The summed E-state index contributed by atoms with van der Waals surface area (Å²) in [6.45, 7) is 0. The zero-order valence-corrected chi connectivity index (χ0v) is 35.2. The van der Waals surface area contributed by atoms with Gasteiger partial charge in [0, 0.05) is 59.3 Å². The molecular weight excluding hydrogens is 781 g/mol. The number of nitrogens with zero attached hydrogens (tertiary/aromatic N) is 2. The van der Waals surface area contributed by atoms with Gasteiger partial charge in [-0.2, -0.15) is 0 Å². The van der Waals surface area contributed by atoms with Crippen molar-refractivity contribution in [1.82, 2.24) is 4.57 Å². The third-order valence-corrected chi connectivity index (χ3v) is 13.6. The highest BCUT2D eigenvalue weighted by Gasteiger charge is 2.20. The Morgan fingerprint density at radius 3 is 1.59 bits per heavy atom. The molecule has 10 aromatic carbocycles. The molecule has 2 heterocycles. The van der Waals surface area contributed by atoms with E-state index in [0.29, 0.717) is 0 Å². The molecule has 0 saturated heterocycles. The number of aromatic nitrogens is 1. The summed E-state index contributed by atoms with van der Waals surface area (Å²) in [6.07, 6.45) is 0. The first-order chi connectivity index (χ1) is 31.3. The molecule has 0 aliphatic rings. The van der Waals surface area contributed by atoms with Crippen LogP contribution in [0.2, 0.25) is 0 Å². The van der Waals surface area contributed by atoms with E-state index < -0.39 is 0 Å². The Kier molecular flexibility index (Phi) is 9.06. The average Bonchev–Trinajstić information content (AvgIpc) is 3.91. The number of benzene rings is 10. The van der Waals surface area contributed by atoms with E-state index in [1.807, 2.05) is 11.3 Å². The predicted molar refractivity (Wildman–Crippen MR) is 270 cm³/mol. The fraction of sp³-hybridized carbons (Fsp3) is 0. The molecule has 0 aliphatic heterocycles. The topological polar surface area (TPSA) is 8.17 Å². The predicted octanol–water partition coefficient (Wildman–Crippen LogP) is 17.3. The van der Waals surface area contributed by atoms with Crippen molar-refractivity contribution in [3.05, 3.63) is 243 Å². The summed E-state index contributed by atoms with van der Waals surface area (Å²) >= 11 is 1.85. The minimum atomic E-state index is 1.09. The van der Waals surface area contributed by atoms with Gasteiger partial charge >= 0.3 is 0 Å². The van der Waals surface area contributed by atoms with Crippen LogP contribution in [0.25, 0.3) is 92.2 Å². The second kappa shape index (κ2) is 15.5.